The summed E-state index contributed by atoms with van der Waals surface area (Å²) in [4.78, 5) is 35.9. The van der Waals surface area contributed by atoms with Crippen LogP contribution in [0.1, 0.15) is 19.4 Å². The summed E-state index contributed by atoms with van der Waals surface area (Å²) in [6.45, 7) is 3.44. The molecule has 0 aliphatic carbocycles. The minimum Gasteiger partial charge on any atom is -0.490 e. The van der Waals surface area contributed by atoms with Gasteiger partial charge in [0.25, 0.3) is 11.1 Å². The monoisotopic (exact) mass is 398 g/mol. The lowest BCUT2D eigenvalue weighted by atomic mass is 10.2. The van der Waals surface area contributed by atoms with Crippen LogP contribution in [0.5, 0.6) is 5.75 Å². The Morgan fingerprint density at radius 3 is 2.70 bits per heavy atom. The van der Waals surface area contributed by atoms with Gasteiger partial charge in [-0.25, -0.2) is 0 Å². The normalized spacial score (nSPS) is 16.5. The summed E-state index contributed by atoms with van der Waals surface area (Å²) in [7, 11) is 0. The zero-order chi connectivity index (χ0) is 17.1. The highest BCUT2D eigenvalue weighted by Crippen LogP contribution is 2.33. The van der Waals surface area contributed by atoms with Gasteiger partial charge in [0.15, 0.2) is 0 Å². The van der Waals surface area contributed by atoms with Crippen molar-refractivity contribution in [2.24, 2.45) is 5.73 Å². The van der Waals surface area contributed by atoms with Crippen LogP contribution in [0.25, 0.3) is 6.08 Å². The maximum Gasteiger partial charge on any atom is 0.294 e. The van der Waals surface area contributed by atoms with Crippen LogP contribution in [0.15, 0.2) is 27.6 Å². The van der Waals surface area contributed by atoms with Crippen molar-refractivity contribution in [2.75, 3.05) is 6.54 Å². The number of ether oxygens (including phenoxy) is 1. The third-order valence-electron chi connectivity index (χ3n) is 2.80. The van der Waals surface area contributed by atoms with Gasteiger partial charge in [-0.3, -0.25) is 19.3 Å². The van der Waals surface area contributed by atoms with E-state index >= 15 is 0 Å². The molecule has 1 aromatic carbocycles. The molecule has 0 atom stereocenters. The van der Waals surface area contributed by atoms with Gasteiger partial charge < -0.3 is 10.5 Å². The molecule has 0 aromatic heterocycles. The zero-order valence-corrected chi connectivity index (χ0v) is 14.9. The predicted molar refractivity (Wildman–Crippen MR) is 91.8 cm³/mol. The fraction of sp³-hybridized carbons (Fsp3) is 0.267. The molecule has 8 heteroatoms. The number of carbonyl (C=O) groups is 3. The summed E-state index contributed by atoms with van der Waals surface area (Å²) in [5, 5.41) is -0.501. The van der Waals surface area contributed by atoms with Gasteiger partial charge >= 0.3 is 0 Å². The Labute approximate surface area is 146 Å². The maximum absolute atomic E-state index is 12.1. The first kappa shape index (κ1) is 17.6. The average Bonchev–Trinajstić information content (AvgIpc) is 2.69. The van der Waals surface area contributed by atoms with Gasteiger partial charge in [0.05, 0.1) is 15.5 Å². The van der Waals surface area contributed by atoms with Crippen LogP contribution >= 0.6 is 27.7 Å². The Morgan fingerprint density at radius 1 is 1.43 bits per heavy atom. The van der Waals surface area contributed by atoms with E-state index in [0.717, 1.165) is 26.7 Å². The minimum atomic E-state index is -0.730. The van der Waals surface area contributed by atoms with Gasteiger partial charge in [-0.15, -0.1) is 0 Å². The molecule has 2 N–H and O–H groups in total. The molecule has 0 unspecified atom stereocenters. The van der Waals surface area contributed by atoms with E-state index in [1.165, 1.54) is 0 Å². The molecular formula is C15H15BrN2O4S. The number of amides is 3. The number of hydrogen-bond acceptors (Lipinski definition) is 5. The van der Waals surface area contributed by atoms with Crippen molar-refractivity contribution in [2.45, 2.75) is 20.0 Å². The Hall–Kier alpha value is -1.80. The van der Waals surface area contributed by atoms with E-state index in [9.17, 15) is 14.4 Å². The van der Waals surface area contributed by atoms with Crippen molar-refractivity contribution < 1.29 is 19.1 Å². The van der Waals surface area contributed by atoms with E-state index in [1.807, 2.05) is 13.8 Å². The third kappa shape index (κ3) is 4.35. The smallest absolute Gasteiger partial charge is 0.294 e. The molecule has 1 saturated heterocycles. The lowest BCUT2D eigenvalue weighted by Gasteiger charge is -2.11. The molecule has 3 amide bonds. The van der Waals surface area contributed by atoms with Crippen molar-refractivity contribution >= 4 is 50.8 Å². The molecule has 0 radical (unpaired) electrons. The number of primary amides is 1. The number of halogens is 1. The SMILES string of the molecule is CC(C)Oc1ccc(/C=C2\SC(=O)N(CC(N)=O)C2=O)cc1Br. The summed E-state index contributed by atoms with van der Waals surface area (Å²) in [5.41, 5.74) is 5.77. The number of hydrogen-bond donors (Lipinski definition) is 1. The zero-order valence-electron chi connectivity index (χ0n) is 12.5. The fourth-order valence-electron chi connectivity index (χ4n) is 1.90. The first-order valence-corrected chi connectivity index (χ1v) is 8.38. The molecule has 0 saturated carbocycles. The summed E-state index contributed by atoms with van der Waals surface area (Å²) in [6.07, 6.45) is 1.64. The summed E-state index contributed by atoms with van der Waals surface area (Å²) >= 11 is 4.20. The molecule has 23 heavy (non-hydrogen) atoms. The largest absolute Gasteiger partial charge is 0.490 e. The van der Waals surface area contributed by atoms with Crippen LogP contribution in [0.3, 0.4) is 0 Å². The van der Waals surface area contributed by atoms with Gasteiger partial charge in [0, 0.05) is 0 Å². The van der Waals surface area contributed by atoms with Crippen LogP contribution in [0.4, 0.5) is 4.79 Å². The Bertz CT molecular complexity index is 703. The molecule has 0 bridgehead atoms. The average molecular weight is 399 g/mol. The van der Waals surface area contributed by atoms with Crippen LogP contribution in [-0.2, 0) is 9.59 Å². The molecule has 1 aliphatic heterocycles. The molecule has 0 spiro atoms. The molecule has 122 valence electrons. The van der Waals surface area contributed by atoms with Gasteiger partial charge in [-0.05, 0) is 65.3 Å². The first-order chi connectivity index (χ1) is 10.8. The number of nitrogens with two attached hydrogens (primary N) is 1. The Kier molecular flexibility index (Phi) is 5.48. The fourth-order valence-corrected chi connectivity index (χ4v) is 3.23. The molecule has 1 aromatic rings. The van der Waals surface area contributed by atoms with E-state index in [-0.39, 0.29) is 11.0 Å². The highest BCUT2D eigenvalue weighted by Gasteiger charge is 2.35. The van der Waals surface area contributed by atoms with Gasteiger partial charge in [-0.2, -0.15) is 0 Å². The highest BCUT2D eigenvalue weighted by atomic mass is 79.9. The lowest BCUT2D eigenvalue weighted by molar-refractivity contribution is -0.127. The minimum absolute atomic E-state index is 0.0439. The molecule has 6 nitrogen and oxygen atoms in total. The maximum atomic E-state index is 12.1. The molecule has 1 fully saturated rings. The molecule has 2 rings (SSSR count). The Balaban J connectivity index is 2.22. The second-order valence-electron chi connectivity index (χ2n) is 5.09. The van der Waals surface area contributed by atoms with Gasteiger partial charge in [0.1, 0.15) is 12.3 Å². The summed E-state index contributed by atoms with van der Waals surface area (Å²) < 4.78 is 6.36. The van der Waals surface area contributed by atoms with E-state index < -0.39 is 23.6 Å². The predicted octanol–water partition coefficient (Wildman–Crippen LogP) is 2.76. The summed E-state index contributed by atoms with van der Waals surface area (Å²) in [6, 6.07) is 5.36. The van der Waals surface area contributed by atoms with Crippen LogP contribution in [-0.4, -0.2) is 34.6 Å². The Morgan fingerprint density at radius 2 is 2.13 bits per heavy atom. The lowest BCUT2D eigenvalue weighted by Crippen LogP contribution is -2.36. The third-order valence-corrected chi connectivity index (χ3v) is 4.33. The highest BCUT2D eigenvalue weighted by molar-refractivity contribution is 9.10. The summed E-state index contributed by atoms with van der Waals surface area (Å²) in [5.74, 6) is -0.553. The molecule has 1 aliphatic rings. The second kappa shape index (κ2) is 7.18. The number of benzene rings is 1. The first-order valence-electron chi connectivity index (χ1n) is 6.78. The van der Waals surface area contributed by atoms with E-state index in [1.54, 1.807) is 24.3 Å². The quantitative estimate of drug-likeness (QED) is 0.770. The van der Waals surface area contributed by atoms with Gasteiger partial charge in [-0.1, -0.05) is 6.07 Å². The van der Waals surface area contributed by atoms with Crippen molar-refractivity contribution in [3.8, 4) is 5.75 Å². The van der Waals surface area contributed by atoms with Crippen molar-refractivity contribution in [1.29, 1.82) is 0 Å². The number of nitrogens with zero attached hydrogens (tertiary/aromatic N) is 1. The van der Waals surface area contributed by atoms with Gasteiger partial charge in [0.2, 0.25) is 5.91 Å². The van der Waals surface area contributed by atoms with Crippen molar-refractivity contribution in [3.05, 3.63) is 33.1 Å². The van der Waals surface area contributed by atoms with Crippen molar-refractivity contribution in [3.63, 3.8) is 0 Å². The van der Waals surface area contributed by atoms with Crippen molar-refractivity contribution in [1.82, 2.24) is 4.90 Å². The van der Waals surface area contributed by atoms with Crippen LogP contribution in [0.2, 0.25) is 0 Å². The molecular weight excluding hydrogens is 384 g/mol. The molecule has 1 heterocycles. The van der Waals surface area contributed by atoms with E-state index in [2.05, 4.69) is 15.9 Å². The number of thioether (sulfide) groups is 1. The second-order valence-corrected chi connectivity index (χ2v) is 6.94. The van der Waals surface area contributed by atoms with E-state index in [4.69, 9.17) is 10.5 Å². The van der Waals surface area contributed by atoms with Crippen LogP contribution < -0.4 is 10.5 Å². The topological polar surface area (TPSA) is 89.7 Å². The number of imide groups is 1. The standard InChI is InChI=1S/C15H15BrN2O4S/c1-8(2)22-11-4-3-9(5-10(11)16)6-12-14(20)18(7-13(17)19)15(21)23-12/h3-6,8H,7H2,1-2H3,(H2,17,19)/b12-6-. The number of rotatable bonds is 5. The van der Waals surface area contributed by atoms with Crippen LogP contribution in [0, 0.1) is 0 Å². The van der Waals surface area contributed by atoms with E-state index in [0.29, 0.717) is 5.75 Å². The number of carbonyl (C=O) groups excluding carboxylic acids is 3.